The summed E-state index contributed by atoms with van der Waals surface area (Å²) in [5.74, 6) is -4.89. The number of nitrogens with one attached hydrogen (secondary N) is 2. The quantitative estimate of drug-likeness (QED) is 0.369. The van der Waals surface area contributed by atoms with Crippen LogP contribution < -0.4 is 16.4 Å². The van der Waals surface area contributed by atoms with Crippen molar-refractivity contribution in [2.75, 3.05) is 10.6 Å². The second-order valence-corrected chi connectivity index (χ2v) is 9.63. The van der Waals surface area contributed by atoms with E-state index < -0.39 is 64.9 Å². The molecular weight excluding hydrogens is 515 g/mol. The molecule has 3 heterocycles. The number of nitrogens with zero attached hydrogens (tertiary/aromatic N) is 2. The smallest absolute Gasteiger partial charge is 0.274 e. The number of aliphatic hydroxyl groups is 1. The highest BCUT2D eigenvalue weighted by molar-refractivity contribution is 6.03. The first-order valence-corrected chi connectivity index (χ1v) is 12.2. The first-order valence-electron chi connectivity index (χ1n) is 12.2. The van der Waals surface area contributed by atoms with Crippen LogP contribution in [-0.2, 0) is 9.53 Å². The molecular formula is C27H28F3N5O4. The predicted octanol–water partition coefficient (Wildman–Crippen LogP) is 3.95. The second-order valence-electron chi connectivity index (χ2n) is 9.63. The molecule has 9 nitrogen and oxygen atoms in total. The van der Waals surface area contributed by atoms with Gasteiger partial charge in [0.2, 0.25) is 5.91 Å². The average Bonchev–Trinajstić information content (AvgIpc) is 2.88. The normalized spacial score (nSPS) is 21.1. The van der Waals surface area contributed by atoms with E-state index in [-0.39, 0.29) is 29.4 Å². The van der Waals surface area contributed by atoms with E-state index in [2.05, 4.69) is 20.6 Å². The lowest BCUT2D eigenvalue weighted by Gasteiger charge is -2.40. The third kappa shape index (κ3) is 5.92. The Bertz CT molecular complexity index is 1400. The van der Waals surface area contributed by atoms with Crippen molar-refractivity contribution in [1.82, 2.24) is 9.97 Å². The zero-order chi connectivity index (χ0) is 28.4. The molecule has 2 aromatic heterocycles. The summed E-state index contributed by atoms with van der Waals surface area (Å²) in [6.07, 6.45) is 1.22. The number of pyridine rings is 2. The van der Waals surface area contributed by atoms with E-state index >= 15 is 4.39 Å². The summed E-state index contributed by atoms with van der Waals surface area (Å²) >= 11 is 0. The number of aromatic nitrogens is 2. The number of nitrogens with two attached hydrogens (primary N) is 1. The van der Waals surface area contributed by atoms with Crippen molar-refractivity contribution >= 4 is 23.2 Å². The van der Waals surface area contributed by atoms with Crippen LogP contribution in [0.2, 0.25) is 0 Å². The molecule has 206 valence electrons. The number of halogens is 3. The summed E-state index contributed by atoms with van der Waals surface area (Å²) < 4.78 is 50.5. The zero-order valence-electron chi connectivity index (χ0n) is 21.4. The molecule has 5 N–H and O–H groups in total. The first-order chi connectivity index (χ1) is 18.5. The SMILES string of the molecule is CC(=O)Nc1ccc(F)c(-c2nc(C(=O)Nc3cnccc3[C@H]3C[C@@H](N)[C@H](O)[C@@H](C(C)C)O3)ccc2F)c1F. The molecule has 12 heteroatoms. The summed E-state index contributed by atoms with van der Waals surface area (Å²) in [5.41, 5.74) is 4.69. The largest absolute Gasteiger partial charge is 0.389 e. The van der Waals surface area contributed by atoms with Crippen molar-refractivity contribution in [2.45, 2.75) is 51.5 Å². The van der Waals surface area contributed by atoms with Gasteiger partial charge in [-0.25, -0.2) is 18.2 Å². The van der Waals surface area contributed by atoms with Crippen LogP contribution >= 0.6 is 0 Å². The number of carbonyl (C=O) groups excluding carboxylic acids is 2. The Balaban J connectivity index is 1.65. The number of hydrogen-bond donors (Lipinski definition) is 4. The van der Waals surface area contributed by atoms with Gasteiger partial charge in [0, 0.05) is 24.7 Å². The second kappa shape index (κ2) is 11.5. The highest BCUT2D eigenvalue weighted by Gasteiger charge is 2.38. The molecule has 1 fully saturated rings. The maximum atomic E-state index is 15.0. The summed E-state index contributed by atoms with van der Waals surface area (Å²) in [5, 5.41) is 15.3. The number of hydrogen-bond acceptors (Lipinski definition) is 7. The Morgan fingerprint density at radius 3 is 2.49 bits per heavy atom. The minimum absolute atomic E-state index is 0.0273. The third-order valence-corrected chi connectivity index (χ3v) is 6.41. The summed E-state index contributed by atoms with van der Waals surface area (Å²) in [4.78, 5) is 32.4. The van der Waals surface area contributed by atoms with E-state index in [0.29, 0.717) is 5.56 Å². The maximum Gasteiger partial charge on any atom is 0.274 e. The first kappa shape index (κ1) is 28.1. The fourth-order valence-electron chi connectivity index (χ4n) is 4.48. The van der Waals surface area contributed by atoms with E-state index in [0.717, 1.165) is 31.2 Å². The monoisotopic (exact) mass is 543 g/mol. The van der Waals surface area contributed by atoms with Gasteiger partial charge in [0.15, 0.2) is 5.82 Å². The van der Waals surface area contributed by atoms with Gasteiger partial charge < -0.3 is 26.2 Å². The van der Waals surface area contributed by atoms with E-state index in [4.69, 9.17) is 10.5 Å². The summed E-state index contributed by atoms with van der Waals surface area (Å²) in [6.45, 7) is 4.93. The molecule has 4 rings (SSSR count). The molecule has 2 amide bonds. The lowest BCUT2D eigenvalue weighted by Crippen LogP contribution is -2.51. The van der Waals surface area contributed by atoms with E-state index in [1.54, 1.807) is 6.07 Å². The summed E-state index contributed by atoms with van der Waals surface area (Å²) in [7, 11) is 0. The minimum Gasteiger partial charge on any atom is -0.389 e. The van der Waals surface area contributed by atoms with E-state index in [1.807, 2.05) is 13.8 Å². The summed E-state index contributed by atoms with van der Waals surface area (Å²) in [6, 6.07) is 4.86. The van der Waals surface area contributed by atoms with E-state index in [9.17, 15) is 23.5 Å². The van der Waals surface area contributed by atoms with E-state index in [1.165, 1.54) is 12.4 Å². The lowest BCUT2D eigenvalue weighted by atomic mass is 9.88. The Hall–Kier alpha value is -3.87. The van der Waals surface area contributed by atoms with Gasteiger partial charge in [-0.3, -0.25) is 14.6 Å². The number of benzene rings is 1. The number of anilines is 2. The molecule has 1 saturated heterocycles. The van der Waals surface area contributed by atoms with Crippen molar-refractivity contribution in [1.29, 1.82) is 0 Å². The van der Waals surface area contributed by atoms with Gasteiger partial charge in [-0.15, -0.1) is 0 Å². The Labute approximate surface area is 222 Å². The van der Waals surface area contributed by atoms with Crippen molar-refractivity contribution in [3.8, 4) is 11.3 Å². The van der Waals surface area contributed by atoms with Gasteiger partial charge in [-0.2, -0.15) is 0 Å². The van der Waals surface area contributed by atoms with Crippen LogP contribution in [0.5, 0.6) is 0 Å². The highest BCUT2D eigenvalue weighted by atomic mass is 19.1. The van der Waals surface area contributed by atoms with Gasteiger partial charge in [-0.05, 0) is 42.7 Å². The molecule has 39 heavy (non-hydrogen) atoms. The Morgan fingerprint density at radius 1 is 1.08 bits per heavy atom. The van der Waals surface area contributed by atoms with Gasteiger partial charge in [0.05, 0.1) is 41.4 Å². The number of ether oxygens (including phenoxy) is 1. The Kier molecular flexibility index (Phi) is 8.28. The number of amides is 2. The van der Waals surface area contributed by atoms with Crippen LogP contribution in [0.1, 0.15) is 49.3 Å². The standard InChI is InChI=1S/C27H28F3N5O4/c1-12(2)26-25(37)17(31)10-21(39-26)14-8-9-32-11-20(14)35-27(38)19-7-5-16(29)24(34-19)22-15(28)4-6-18(23(22)30)33-13(3)36/h4-9,11-12,17,21,25-26,37H,10,31H2,1-3H3,(H,33,36)(H,35,38)/t17-,21-,25+,26-/m1/s1. The third-order valence-electron chi connectivity index (χ3n) is 6.41. The molecule has 0 unspecified atom stereocenters. The van der Waals surface area contributed by atoms with Gasteiger partial charge in [0.1, 0.15) is 23.0 Å². The van der Waals surface area contributed by atoms with Crippen molar-refractivity contribution < 1.29 is 32.6 Å². The van der Waals surface area contributed by atoms with Gasteiger partial charge in [-0.1, -0.05) is 13.8 Å². The molecule has 1 aromatic carbocycles. The fraction of sp³-hybridized carbons (Fsp3) is 0.333. The van der Waals surface area contributed by atoms with Crippen LogP contribution in [0.15, 0.2) is 42.7 Å². The number of carbonyl (C=O) groups is 2. The molecule has 1 aliphatic heterocycles. The molecule has 0 aliphatic carbocycles. The van der Waals surface area contributed by atoms with Crippen LogP contribution in [0.4, 0.5) is 24.5 Å². The highest BCUT2D eigenvalue weighted by Crippen LogP contribution is 2.37. The zero-order valence-corrected chi connectivity index (χ0v) is 21.4. The van der Waals surface area contributed by atoms with Crippen LogP contribution in [-0.4, -0.2) is 45.1 Å². The molecule has 0 bridgehead atoms. The van der Waals surface area contributed by atoms with Crippen molar-refractivity contribution in [3.05, 3.63) is 71.4 Å². The molecule has 0 saturated carbocycles. The van der Waals surface area contributed by atoms with Gasteiger partial charge in [0.25, 0.3) is 5.91 Å². The predicted molar refractivity (Wildman–Crippen MR) is 137 cm³/mol. The lowest BCUT2D eigenvalue weighted by molar-refractivity contribution is -0.145. The van der Waals surface area contributed by atoms with Crippen molar-refractivity contribution in [3.63, 3.8) is 0 Å². The van der Waals surface area contributed by atoms with Crippen molar-refractivity contribution in [2.24, 2.45) is 11.7 Å². The topological polar surface area (TPSA) is 139 Å². The number of aliphatic hydroxyl groups excluding tert-OH is 1. The van der Waals surface area contributed by atoms with Crippen LogP contribution in [0, 0.1) is 23.4 Å². The molecule has 3 aromatic rings. The fourth-order valence-corrected chi connectivity index (χ4v) is 4.48. The average molecular weight is 544 g/mol. The molecule has 0 spiro atoms. The van der Waals surface area contributed by atoms with Crippen LogP contribution in [0.25, 0.3) is 11.3 Å². The minimum atomic E-state index is -1.24. The molecule has 1 aliphatic rings. The van der Waals surface area contributed by atoms with Gasteiger partial charge >= 0.3 is 0 Å². The van der Waals surface area contributed by atoms with Crippen LogP contribution in [0.3, 0.4) is 0 Å². The number of rotatable bonds is 6. The molecule has 4 atom stereocenters. The maximum absolute atomic E-state index is 15.0. The Morgan fingerprint density at radius 2 is 1.79 bits per heavy atom. The molecule has 0 radical (unpaired) electrons.